The molecule has 5 heteroatoms. The number of hydrogen-bond donors (Lipinski definition) is 0. The van der Waals surface area contributed by atoms with Gasteiger partial charge in [-0.1, -0.05) is 127 Å². The summed E-state index contributed by atoms with van der Waals surface area (Å²) in [6.45, 7) is 0. The molecule has 0 N–H and O–H groups in total. The van der Waals surface area contributed by atoms with Crippen LogP contribution in [0.15, 0.2) is 221 Å². The number of hydrogen-bond acceptors (Lipinski definition) is 5. The minimum Gasteiger partial charge on any atom is -0.454 e. The fraction of sp³-hybridized carbons (Fsp3) is 0. The van der Waals surface area contributed by atoms with Crippen molar-refractivity contribution in [3.05, 3.63) is 213 Å². The average molecular weight is 806 g/mol. The van der Waals surface area contributed by atoms with Crippen molar-refractivity contribution in [3.63, 3.8) is 0 Å². The van der Waals surface area contributed by atoms with Gasteiger partial charge in [0, 0.05) is 49.7 Å². The Labute approximate surface area is 361 Å². The summed E-state index contributed by atoms with van der Waals surface area (Å²) >= 11 is 0. The van der Waals surface area contributed by atoms with E-state index in [1.54, 1.807) is 0 Å². The Kier molecular flexibility index (Phi) is 7.84. The van der Waals surface area contributed by atoms with E-state index in [1.165, 1.54) is 43.4 Å². The smallest absolute Gasteiger partial charge is 0.153 e. The van der Waals surface area contributed by atoms with Crippen LogP contribution in [-0.2, 0) is 0 Å². The summed E-state index contributed by atoms with van der Waals surface area (Å²) in [6, 6.07) is 71.2. The van der Waals surface area contributed by atoms with E-state index in [9.17, 15) is 0 Å². The Morgan fingerprint density at radius 3 is 1.33 bits per heavy atom. The molecule has 0 radical (unpaired) electrons. The van der Waals surface area contributed by atoms with E-state index >= 15 is 0 Å². The Balaban J connectivity index is 0.891. The van der Waals surface area contributed by atoms with Gasteiger partial charge in [-0.15, -0.1) is 0 Å². The lowest BCUT2D eigenvalue weighted by atomic mass is 9.96. The van der Waals surface area contributed by atoms with Gasteiger partial charge in [0.2, 0.25) is 0 Å². The van der Waals surface area contributed by atoms with Crippen LogP contribution in [0.5, 0.6) is 0 Å². The molecule has 13 aromatic rings. The number of benzene rings is 9. The lowest BCUT2D eigenvalue weighted by Crippen LogP contribution is -2.10. The van der Waals surface area contributed by atoms with Crippen LogP contribution in [-0.4, -0.2) is 9.97 Å². The number of pyridine rings is 2. The van der Waals surface area contributed by atoms with Crippen molar-refractivity contribution in [2.75, 3.05) is 4.90 Å². The number of para-hydroxylation sites is 2. The summed E-state index contributed by atoms with van der Waals surface area (Å²) in [5.74, 6) is 0. The number of furan rings is 2. The SMILES string of the molecule is c1ccc2cc(-c3ccc4c(ccc5cc(N(c6ccc(-c7cc8c(cn7)oc7ccccc78)cc6)c6ccc(-c7cc8c(cn7)oc7ccccc78)cc6)ccc54)c3)ccc2c1. The van der Waals surface area contributed by atoms with Crippen LogP contribution in [0, 0.1) is 0 Å². The van der Waals surface area contributed by atoms with Crippen molar-refractivity contribution in [1.29, 1.82) is 0 Å². The van der Waals surface area contributed by atoms with Gasteiger partial charge in [-0.25, -0.2) is 0 Å². The molecule has 0 atom stereocenters. The standard InChI is InChI=1S/C58H35N3O2/c1-2-8-39-29-40(14-13-36(39)7-1)41-21-27-47-42(30-41)15-16-43-31-46(26-28-48(43)47)61(44-22-17-37(18-23-44)53-32-51-49-9-3-5-11-55(49)62-57(51)34-59-53)45-24-19-38(20-25-45)54-33-52-50-10-4-6-12-56(50)63-58(52)35-60-54/h1-35H. The van der Waals surface area contributed by atoms with Gasteiger partial charge in [-0.2, -0.15) is 0 Å². The van der Waals surface area contributed by atoms with Crippen LogP contribution in [0.1, 0.15) is 0 Å². The van der Waals surface area contributed by atoms with Crippen LogP contribution in [0.3, 0.4) is 0 Å². The molecule has 0 bridgehead atoms. The fourth-order valence-corrected chi connectivity index (χ4v) is 9.33. The summed E-state index contributed by atoms with van der Waals surface area (Å²) in [4.78, 5) is 11.9. The van der Waals surface area contributed by atoms with E-state index < -0.39 is 0 Å². The molecule has 0 saturated heterocycles. The zero-order valence-electron chi connectivity index (χ0n) is 33.9. The van der Waals surface area contributed by atoms with Crippen LogP contribution in [0.25, 0.3) is 110 Å². The normalized spacial score (nSPS) is 11.8. The zero-order valence-corrected chi connectivity index (χ0v) is 33.9. The largest absolute Gasteiger partial charge is 0.454 e. The molecule has 63 heavy (non-hydrogen) atoms. The second kappa shape index (κ2) is 14.0. The Bertz CT molecular complexity index is 3760. The van der Waals surface area contributed by atoms with Gasteiger partial charge in [0.05, 0.1) is 23.8 Å². The van der Waals surface area contributed by atoms with Gasteiger partial charge in [0.25, 0.3) is 0 Å². The lowest BCUT2D eigenvalue weighted by Gasteiger charge is -2.26. The Morgan fingerprint density at radius 2 is 0.730 bits per heavy atom. The first-order valence-electron chi connectivity index (χ1n) is 21.2. The molecule has 0 saturated carbocycles. The molecule has 294 valence electrons. The van der Waals surface area contributed by atoms with Gasteiger partial charge < -0.3 is 13.7 Å². The number of nitrogens with zero attached hydrogens (tertiary/aromatic N) is 3. The number of anilines is 3. The van der Waals surface area contributed by atoms with E-state index in [1.807, 2.05) is 48.8 Å². The molecule has 0 aliphatic rings. The molecule has 5 nitrogen and oxygen atoms in total. The number of aromatic nitrogens is 2. The predicted molar refractivity (Wildman–Crippen MR) is 260 cm³/mol. The third-order valence-corrected chi connectivity index (χ3v) is 12.5. The molecule has 0 aliphatic carbocycles. The average Bonchev–Trinajstić information content (AvgIpc) is 3.92. The van der Waals surface area contributed by atoms with Crippen molar-refractivity contribution in [1.82, 2.24) is 9.97 Å². The molecular formula is C58H35N3O2. The first-order valence-corrected chi connectivity index (χ1v) is 21.2. The monoisotopic (exact) mass is 805 g/mol. The molecule has 0 amide bonds. The van der Waals surface area contributed by atoms with Crippen molar-refractivity contribution >= 4 is 93.3 Å². The second-order valence-electron chi connectivity index (χ2n) is 16.2. The Hall–Kier alpha value is -8.54. The molecule has 0 unspecified atom stereocenters. The maximum Gasteiger partial charge on any atom is 0.153 e. The van der Waals surface area contributed by atoms with Gasteiger partial charge in [-0.3, -0.25) is 9.97 Å². The minimum absolute atomic E-state index is 0.786. The van der Waals surface area contributed by atoms with Crippen molar-refractivity contribution in [3.8, 4) is 33.6 Å². The van der Waals surface area contributed by atoms with E-state index in [0.29, 0.717) is 0 Å². The third-order valence-electron chi connectivity index (χ3n) is 12.5. The molecule has 0 aliphatic heterocycles. The highest BCUT2D eigenvalue weighted by atomic mass is 16.3. The van der Waals surface area contributed by atoms with Crippen LogP contribution < -0.4 is 4.90 Å². The first-order chi connectivity index (χ1) is 31.2. The molecule has 0 fully saturated rings. The summed E-state index contributed by atoms with van der Waals surface area (Å²) in [6.07, 6.45) is 3.66. The van der Waals surface area contributed by atoms with E-state index in [-0.39, 0.29) is 0 Å². The number of fused-ring (bicyclic) bond motifs is 10. The maximum atomic E-state index is 6.07. The summed E-state index contributed by atoms with van der Waals surface area (Å²) in [5.41, 5.74) is 12.7. The quantitative estimate of drug-likeness (QED) is 0.157. The number of rotatable bonds is 6. The van der Waals surface area contributed by atoms with Crippen molar-refractivity contribution < 1.29 is 8.83 Å². The summed E-state index contributed by atoms with van der Waals surface area (Å²) in [5, 5.41) is 11.6. The summed E-state index contributed by atoms with van der Waals surface area (Å²) in [7, 11) is 0. The topological polar surface area (TPSA) is 55.3 Å². The lowest BCUT2D eigenvalue weighted by molar-refractivity contribution is 0.666. The molecule has 0 spiro atoms. The molecule has 13 rings (SSSR count). The van der Waals surface area contributed by atoms with Gasteiger partial charge in [-0.05, 0) is 116 Å². The second-order valence-corrected chi connectivity index (χ2v) is 16.2. The van der Waals surface area contributed by atoms with Gasteiger partial charge >= 0.3 is 0 Å². The minimum atomic E-state index is 0.786. The maximum absolute atomic E-state index is 6.07. The van der Waals surface area contributed by atoms with E-state index in [0.717, 1.165) is 83.5 Å². The van der Waals surface area contributed by atoms with Crippen LogP contribution >= 0.6 is 0 Å². The van der Waals surface area contributed by atoms with Gasteiger partial charge in [0.1, 0.15) is 11.2 Å². The summed E-state index contributed by atoms with van der Waals surface area (Å²) < 4.78 is 12.1. The first kappa shape index (κ1) is 35.2. The Morgan fingerprint density at radius 1 is 0.286 bits per heavy atom. The molecule has 4 aromatic heterocycles. The molecule has 4 heterocycles. The predicted octanol–water partition coefficient (Wildman–Crippen LogP) is 16.2. The highest BCUT2D eigenvalue weighted by Gasteiger charge is 2.17. The highest BCUT2D eigenvalue weighted by Crippen LogP contribution is 2.41. The zero-order chi connectivity index (χ0) is 41.4. The van der Waals surface area contributed by atoms with E-state index in [2.05, 4.69) is 169 Å². The highest BCUT2D eigenvalue weighted by molar-refractivity contribution is 6.10. The van der Waals surface area contributed by atoms with Crippen molar-refractivity contribution in [2.45, 2.75) is 0 Å². The molecule has 9 aromatic carbocycles. The van der Waals surface area contributed by atoms with Crippen molar-refractivity contribution in [2.24, 2.45) is 0 Å². The van der Waals surface area contributed by atoms with Crippen LogP contribution in [0.4, 0.5) is 17.1 Å². The van der Waals surface area contributed by atoms with E-state index in [4.69, 9.17) is 18.8 Å². The fourth-order valence-electron chi connectivity index (χ4n) is 9.33. The molecular weight excluding hydrogens is 771 g/mol. The van der Waals surface area contributed by atoms with Gasteiger partial charge in [0.15, 0.2) is 11.2 Å². The third kappa shape index (κ3) is 5.93. The van der Waals surface area contributed by atoms with Crippen LogP contribution in [0.2, 0.25) is 0 Å².